The summed E-state index contributed by atoms with van der Waals surface area (Å²) in [5.41, 5.74) is 4.26. The predicted molar refractivity (Wildman–Crippen MR) is 129 cm³/mol. The van der Waals surface area contributed by atoms with Gasteiger partial charge in [-0.25, -0.2) is 0 Å². The average Bonchev–Trinajstić information content (AvgIpc) is 2.74. The van der Waals surface area contributed by atoms with Gasteiger partial charge in [0.15, 0.2) is 5.11 Å². The molecular formula is C25H33N3OS. The lowest BCUT2D eigenvalue weighted by Gasteiger charge is -2.26. The summed E-state index contributed by atoms with van der Waals surface area (Å²) in [6.45, 7) is 10.5. The molecule has 1 atom stereocenters. The van der Waals surface area contributed by atoms with Crippen molar-refractivity contribution in [1.29, 1.82) is 0 Å². The molecular weight excluding hydrogens is 390 g/mol. The van der Waals surface area contributed by atoms with E-state index in [0.29, 0.717) is 5.11 Å². The maximum absolute atomic E-state index is 12.6. The molecule has 1 heterocycles. The number of thiocarbonyl (C=S) groups is 1. The van der Waals surface area contributed by atoms with Crippen molar-refractivity contribution in [3.63, 3.8) is 0 Å². The Bertz CT molecular complexity index is 863. The molecule has 1 saturated heterocycles. The zero-order valence-electron chi connectivity index (χ0n) is 18.5. The van der Waals surface area contributed by atoms with Crippen molar-refractivity contribution in [2.75, 3.05) is 18.4 Å². The fraction of sp³-hybridized carbons (Fsp3) is 0.440. The summed E-state index contributed by atoms with van der Waals surface area (Å²) in [7, 11) is 0. The second kappa shape index (κ2) is 9.61. The lowest BCUT2D eigenvalue weighted by Crippen LogP contribution is -2.35. The van der Waals surface area contributed by atoms with Crippen LogP contribution in [0.2, 0.25) is 0 Å². The van der Waals surface area contributed by atoms with Crippen LogP contribution in [0.1, 0.15) is 74.5 Å². The fourth-order valence-electron chi connectivity index (χ4n) is 3.69. The first-order chi connectivity index (χ1) is 14.2. The van der Waals surface area contributed by atoms with Crippen LogP contribution in [-0.4, -0.2) is 29.0 Å². The third-order valence-corrected chi connectivity index (χ3v) is 5.88. The molecule has 0 spiro atoms. The standard InChI is InChI=1S/C25H33N3OS/c1-18(19-8-12-21(13-9-19)25(2,3)4)26-24(30)27-22-14-10-20(11-15-22)23(29)28-16-6-5-7-17-28/h8-15,18H,5-7,16-17H2,1-4H3,(H2,26,27,30)/t18-/m0/s1. The van der Waals surface area contributed by atoms with Crippen molar-refractivity contribution in [3.05, 3.63) is 65.2 Å². The molecule has 1 aliphatic heterocycles. The molecule has 30 heavy (non-hydrogen) atoms. The molecule has 2 aromatic rings. The van der Waals surface area contributed by atoms with Crippen molar-refractivity contribution in [3.8, 4) is 0 Å². The number of hydrogen-bond acceptors (Lipinski definition) is 2. The minimum absolute atomic E-state index is 0.0963. The van der Waals surface area contributed by atoms with Crippen molar-refractivity contribution in [2.24, 2.45) is 0 Å². The van der Waals surface area contributed by atoms with E-state index in [2.05, 4.69) is 62.6 Å². The van der Waals surface area contributed by atoms with Crippen molar-refractivity contribution < 1.29 is 4.79 Å². The van der Waals surface area contributed by atoms with Gasteiger partial charge in [-0.2, -0.15) is 0 Å². The Morgan fingerprint density at radius 1 is 0.967 bits per heavy atom. The quantitative estimate of drug-likeness (QED) is 0.623. The fourth-order valence-corrected chi connectivity index (χ4v) is 3.99. The Kier molecular flexibility index (Phi) is 7.14. The summed E-state index contributed by atoms with van der Waals surface area (Å²) < 4.78 is 0. The lowest BCUT2D eigenvalue weighted by atomic mass is 9.86. The number of rotatable bonds is 4. The van der Waals surface area contributed by atoms with Gasteiger partial charge in [-0.1, -0.05) is 45.0 Å². The molecule has 1 amide bonds. The van der Waals surface area contributed by atoms with Gasteiger partial charge >= 0.3 is 0 Å². The summed E-state index contributed by atoms with van der Waals surface area (Å²) in [4.78, 5) is 14.5. The molecule has 5 heteroatoms. The first kappa shape index (κ1) is 22.3. The van der Waals surface area contributed by atoms with Crippen LogP contribution in [0.15, 0.2) is 48.5 Å². The second-order valence-electron chi connectivity index (χ2n) is 9.12. The van der Waals surface area contributed by atoms with Gasteiger partial charge in [0.1, 0.15) is 0 Å². The highest BCUT2D eigenvalue weighted by molar-refractivity contribution is 7.80. The van der Waals surface area contributed by atoms with E-state index in [1.54, 1.807) is 0 Å². The number of benzene rings is 2. The number of likely N-dealkylation sites (tertiary alicyclic amines) is 1. The molecule has 2 aromatic carbocycles. The van der Waals surface area contributed by atoms with Gasteiger partial charge in [0, 0.05) is 24.3 Å². The summed E-state index contributed by atoms with van der Waals surface area (Å²) in [6.07, 6.45) is 3.42. The maximum Gasteiger partial charge on any atom is 0.253 e. The summed E-state index contributed by atoms with van der Waals surface area (Å²) in [5.74, 6) is 0.120. The van der Waals surface area contributed by atoms with E-state index in [-0.39, 0.29) is 17.4 Å². The molecule has 1 fully saturated rings. The van der Waals surface area contributed by atoms with Crippen LogP contribution in [0, 0.1) is 0 Å². The third-order valence-electron chi connectivity index (χ3n) is 5.66. The van der Waals surface area contributed by atoms with E-state index in [9.17, 15) is 4.79 Å². The molecule has 0 bridgehead atoms. The van der Waals surface area contributed by atoms with E-state index in [1.807, 2.05) is 29.2 Å². The highest BCUT2D eigenvalue weighted by Crippen LogP contribution is 2.24. The largest absolute Gasteiger partial charge is 0.356 e. The molecule has 0 aliphatic carbocycles. The molecule has 0 aromatic heterocycles. The van der Waals surface area contributed by atoms with E-state index in [4.69, 9.17) is 12.2 Å². The predicted octanol–water partition coefficient (Wildman–Crippen LogP) is 5.66. The highest BCUT2D eigenvalue weighted by atomic mass is 32.1. The number of piperidine rings is 1. The first-order valence-corrected chi connectivity index (χ1v) is 11.2. The summed E-state index contributed by atoms with van der Waals surface area (Å²) >= 11 is 5.49. The normalized spacial score (nSPS) is 15.4. The Balaban J connectivity index is 1.54. The Morgan fingerprint density at radius 2 is 1.57 bits per heavy atom. The smallest absolute Gasteiger partial charge is 0.253 e. The SMILES string of the molecule is C[C@H](NC(=S)Nc1ccc(C(=O)N2CCCCC2)cc1)c1ccc(C(C)(C)C)cc1. The number of hydrogen-bond donors (Lipinski definition) is 2. The van der Waals surface area contributed by atoms with Gasteiger partial charge in [-0.05, 0) is 79.2 Å². The Morgan fingerprint density at radius 3 is 2.13 bits per heavy atom. The molecule has 4 nitrogen and oxygen atoms in total. The minimum Gasteiger partial charge on any atom is -0.356 e. The number of anilines is 1. The number of carbonyl (C=O) groups excluding carboxylic acids is 1. The van der Waals surface area contributed by atoms with Crippen LogP contribution < -0.4 is 10.6 Å². The van der Waals surface area contributed by atoms with Gasteiger partial charge in [0.25, 0.3) is 5.91 Å². The zero-order chi connectivity index (χ0) is 21.7. The van der Waals surface area contributed by atoms with Crippen LogP contribution >= 0.6 is 12.2 Å². The van der Waals surface area contributed by atoms with Crippen molar-refractivity contribution in [2.45, 2.75) is 58.4 Å². The molecule has 0 saturated carbocycles. The zero-order valence-corrected chi connectivity index (χ0v) is 19.3. The van der Waals surface area contributed by atoms with Crippen LogP contribution in [0.5, 0.6) is 0 Å². The molecule has 0 radical (unpaired) electrons. The summed E-state index contributed by atoms with van der Waals surface area (Å²) in [5, 5.41) is 7.12. The monoisotopic (exact) mass is 423 g/mol. The van der Waals surface area contributed by atoms with Gasteiger partial charge in [-0.3, -0.25) is 4.79 Å². The number of amides is 1. The molecule has 160 valence electrons. The number of nitrogens with one attached hydrogen (secondary N) is 2. The third kappa shape index (κ3) is 5.82. The molecule has 0 unspecified atom stereocenters. The van der Waals surface area contributed by atoms with E-state index in [0.717, 1.165) is 37.2 Å². The van der Waals surface area contributed by atoms with Crippen molar-refractivity contribution in [1.82, 2.24) is 10.2 Å². The van der Waals surface area contributed by atoms with Crippen LogP contribution in [0.25, 0.3) is 0 Å². The first-order valence-electron chi connectivity index (χ1n) is 10.8. The van der Waals surface area contributed by atoms with Gasteiger partial charge < -0.3 is 15.5 Å². The highest BCUT2D eigenvalue weighted by Gasteiger charge is 2.18. The van der Waals surface area contributed by atoms with Crippen LogP contribution in [-0.2, 0) is 5.41 Å². The topological polar surface area (TPSA) is 44.4 Å². The van der Waals surface area contributed by atoms with E-state index in [1.165, 1.54) is 17.5 Å². The number of nitrogens with zero attached hydrogens (tertiary/aromatic N) is 1. The van der Waals surface area contributed by atoms with Crippen molar-refractivity contribution >= 4 is 28.9 Å². The van der Waals surface area contributed by atoms with Gasteiger partial charge in [0.2, 0.25) is 0 Å². The van der Waals surface area contributed by atoms with Gasteiger partial charge in [-0.15, -0.1) is 0 Å². The Hall–Kier alpha value is -2.40. The van der Waals surface area contributed by atoms with E-state index < -0.39 is 0 Å². The Labute approximate surface area is 186 Å². The van der Waals surface area contributed by atoms with Crippen LogP contribution in [0.3, 0.4) is 0 Å². The lowest BCUT2D eigenvalue weighted by molar-refractivity contribution is 0.0724. The van der Waals surface area contributed by atoms with Crippen LogP contribution in [0.4, 0.5) is 5.69 Å². The molecule has 1 aliphatic rings. The molecule has 3 rings (SSSR count). The molecule has 2 N–H and O–H groups in total. The number of carbonyl (C=O) groups is 1. The van der Waals surface area contributed by atoms with Gasteiger partial charge in [0.05, 0.1) is 6.04 Å². The minimum atomic E-state index is 0.0963. The average molecular weight is 424 g/mol. The summed E-state index contributed by atoms with van der Waals surface area (Å²) in [6, 6.07) is 16.3. The second-order valence-corrected chi connectivity index (χ2v) is 9.53. The van der Waals surface area contributed by atoms with E-state index >= 15 is 0 Å². The maximum atomic E-state index is 12.6.